The molecule has 0 aromatic carbocycles. The number of nitrogens with one attached hydrogen (secondary N) is 1. The lowest BCUT2D eigenvalue weighted by atomic mass is 10.2. The lowest BCUT2D eigenvalue weighted by molar-refractivity contribution is -0.137. The highest BCUT2D eigenvalue weighted by molar-refractivity contribution is 6.02. The van der Waals surface area contributed by atoms with Gasteiger partial charge in [0, 0.05) is 12.8 Å². The lowest BCUT2D eigenvalue weighted by Gasteiger charge is -2.24. The van der Waals surface area contributed by atoms with E-state index >= 15 is 0 Å². The molecule has 7 heteroatoms. The number of aliphatic hydroxyl groups excluding tert-OH is 1. The normalized spacial score (nSPS) is 18.6. The Morgan fingerprint density at radius 2 is 2.31 bits per heavy atom. The van der Waals surface area contributed by atoms with Crippen LogP contribution >= 0.6 is 0 Å². The summed E-state index contributed by atoms with van der Waals surface area (Å²) in [6.45, 7) is 1.68. The van der Waals surface area contributed by atoms with Crippen LogP contribution in [0.2, 0.25) is 0 Å². The zero-order valence-corrected chi connectivity index (χ0v) is 9.31. The van der Waals surface area contributed by atoms with Gasteiger partial charge in [-0.15, -0.1) is 0 Å². The Morgan fingerprint density at radius 1 is 1.69 bits per heavy atom. The number of rotatable bonds is 2. The monoisotopic (exact) mass is 226 g/mol. The van der Waals surface area contributed by atoms with Crippen molar-refractivity contribution in [2.75, 3.05) is 14.2 Å². The first-order valence-corrected chi connectivity index (χ1v) is 4.52. The summed E-state index contributed by atoms with van der Waals surface area (Å²) in [5, 5.41) is 13.0. The molecule has 0 unspecified atom stereocenters. The maximum absolute atomic E-state index is 11.4. The molecule has 0 aromatic heterocycles. The van der Waals surface area contributed by atoms with E-state index in [1.165, 1.54) is 20.2 Å². The van der Waals surface area contributed by atoms with Gasteiger partial charge in [0.1, 0.15) is 5.70 Å². The quantitative estimate of drug-likeness (QED) is 0.336. The number of carbonyl (C=O) groups is 1. The van der Waals surface area contributed by atoms with Gasteiger partial charge in [0.2, 0.25) is 11.7 Å². The number of aliphatic hydroxyl groups is 1. The number of carbonyl (C=O) groups excluding carboxylic acids is 1. The molecule has 0 aromatic rings. The number of hydrogen-bond acceptors (Lipinski definition) is 7. The predicted octanol–water partition coefficient (Wildman–Crippen LogP) is -0.402. The van der Waals surface area contributed by atoms with E-state index in [1.807, 2.05) is 0 Å². The fourth-order valence-corrected chi connectivity index (χ4v) is 1.18. The van der Waals surface area contributed by atoms with Gasteiger partial charge >= 0.3 is 5.97 Å². The van der Waals surface area contributed by atoms with Gasteiger partial charge in [-0.05, 0) is 13.0 Å². The van der Waals surface area contributed by atoms with Crippen LogP contribution in [0.3, 0.4) is 0 Å². The van der Waals surface area contributed by atoms with E-state index < -0.39 is 5.97 Å². The number of methoxy groups -OCH3 is 1. The maximum atomic E-state index is 11.4. The molecule has 0 aliphatic carbocycles. The summed E-state index contributed by atoms with van der Waals surface area (Å²) >= 11 is 0. The van der Waals surface area contributed by atoms with Crippen molar-refractivity contribution in [3.05, 3.63) is 23.5 Å². The minimum absolute atomic E-state index is 0.0582. The van der Waals surface area contributed by atoms with Crippen LogP contribution in [0.5, 0.6) is 0 Å². The molecule has 0 fully saturated rings. The largest absolute Gasteiger partial charge is 0.492 e. The Bertz CT molecular complexity index is 398. The molecule has 0 saturated heterocycles. The number of esters is 1. The molecule has 0 radical (unpaired) electrons. The van der Waals surface area contributed by atoms with Gasteiger partial charge in [-0.3, -0.25) is 5.01 Å². The third-order valence-electron chi connectivity index (χ3n) is 1.96. The van der Waals surface area contributed by atoms with Crippen LogP contribution in [0, 0.1) is 0 Å². The van der Waals surface area contributed by atoms with E-state index in [4.69, 9.17) is 5.84 Å². The number of hydrazine groups is 1. The molecule has 0 bridgehead atoms. The van der Waals surface area contributed by atoms with E-state index in [1.54, 1.807) is 6.92 Å². The molecule has 88 valence electrons. The van der Waals surface area contributed by atoms with Crippen LogP contribution in [-0.2, 0) is 9.53 Å². The van der Waals surface area contributed by atoms with Crippen molar-refractivity contribution in [2.24, 2.45) is 10.8 Å². The molecule has 1 rings (SSSR count). The van der Waals surface area contributed by atoms with Crippen molar-refractivity contribution in [3.8, 4) is 0 Å². The highest BCUT2D eigenvalue weighted by Crippen LogP contribution is 2.18. The van der Waals surface area contributed by atoms with E-state index in [0.29, 0.717) is 5.71 Å². The average Bonchev–Trinajstić information content (AvgIpc) is 2.29. The molecule has 1 heterocycles. The summed E-state index contributed by atoms with van der Waals surface area (Å²) in [5.41, 5.74) is 0.644. The van der Waals surface area contributed by atoms with Crippen molar-refractivity contribution in [3.63, 3.8) is 0 Å². The predicted molar refractivity (Wildman–Crippen MR) is 57.9 cm³/mol. The van der Waals surface area contributed by atoms with Gasteiger partial charge in [0.15, 0.2) is 0 Å². The minimum atomic E-state index is -0.599. The van der Waals surface area contributed by atoms with E-state index in [2.05, 4.69) is 15.0 Å². The third-order valence-corrected chi connectivity index (χ3v) is 1.96. The van der Waals surface area contributed by atoms with Gasteiger partial charge in [-0.2, -0.15) is 0 Å². The molecule has 0 atom stereocenters. The van der Waals surface area contributed by atoms with Crippen LogP contribution in [0.25, 0.3) is 0 Å². The number of aliphatic imine (C=N–C) groups is 1. The van der Waals surface area contributed by atoms with Crippen LogP contribution in [-0.4, -0.2) is 36.0 Å². The zero-order chi connectivity index (χ0) is 12.3. The summed E-state index contributed by atoms with van der Waals surface area (Å²) in [6, 6.07) is 0. The minimum Gasteiger partial charge on any atom is -0.492 e. The van der Waals surface area contributed by atoms with Crippen LogP contribution in [0.1, 0.15) is 6.92 Å². The van der Waals surface area contributed by atoms with E-state index in [-0.39, 0.29) is 17.4 Å². The first kappa shape index (κ1) is 12.1. The number of allylic oxidation sites excluding steroid dienone is 1. The SMILES string of the molecule is CN/C(O)=C1/N=C(C)C=C(C(=O)OC)N1N. The summed E-state index contributed by atoms with van der Waals surface area (Å²) in [5.74, 6) is 4.87. The average molecular weight is 226 g/mol. The first-order valence-electron chi connectivity index (χ1n) is 4.52. The molecule has 1 aliphatic rings. The maximum Gasteiger partial charge on any atom is 0.356 e. The molecular weight excluding hydrogens is 212 g/mol. The first-order chi connectivity index (χ1) is 7.51. The van der Waals surface area contributed by atoms with Crippen LogP contribution in [0.15, 0.2) is 28.5 Å². The molecule has 16 heavy (non-hydrogen) atoms. The third kappa shape index (κ3) is 2.14. The topological polar surface area (TPSA) is 100 Å². The Morgan fingerprint density at radius 3 is 2.81 bits per heavy atom. The van der Waals surface area contributed by atoms with Crippen molar-refractivity contribution in [1.82, 2.24) is 10.3 Å². The zero-order valence-electron chi connectivity index (χ0n) is 9.31. The second-order valence-electron chi connectivity index (χ2n) is 3.07. The summed E-state index contributed by atoms with van der Waals surface area (Å²) < 4.78 is 4.56. The molecule has 0 amide bonds. The Balaban J connectivity index is 3.17. The summed E-state index contributed by atoms with van der Waals surface area (Å²) in [4.78, 5) is 15.4. The number of nitrogens with two attached hydrogens (primary N) is 1. The van der Waals surface area contributed by atoms with Crippen molar-refractivity contribution < 1.29 is 14.6 Å². The fourth-order valence-electron chi connectivity index (χ4n) is 1.18. The van der Waals surface area contributed by atoms with E-state index in [9.17, 15) is 9.90 Å². The van der Waals surface area contributed by atoms with Crippen LogP contribution < -0.4 is 11.2 Å². The van der Waals surface area contributed by atoms with Gasteiger partial charge in [-0.25, -0.2) is 15.6 Å². The highest BCUT2D eigenvalue weighted by atomic mass is 16.5. The molecule has 0 spiro atoms. The van der Waals surface area contributed by atoms with Crippen LogP contribution in [0.4, 0.5) is 0 Å². The second kappa shape index (κ2) is 4.67. The number of hydrogen-bond donors (Lipinski definition) is 3. The Hall–Kier alpha value is -2.02. The number of ether oxygens (including phenoxy) is 1. The van der Waals surface area contributed by atoms with Crippen molar-refractivity contribution in [1.29, 1.82) is 0 Å². The van der Waals surface area contributed by atoms with Crippen molar-refractivity contribution >= 4 is 11.7 Å². The van der Waals surface area contributed by atoms with Gasteiger partial charge in [0.25, 0.3) is 0 Å². The summed E-state index contributed by atoms with van der Waals surface area (Å²) in [6.07, 6.45) is 1.47. The summed E-state index contributed by atoms with van der Waals surface area (Å²) in [7, 11) is 2.76. The highest BCUT2D eigenvalue weighted by Gasteiger charge is 2.25. The van der Waals surface area contributed by atoms with Crippen molar-refractivity contribution in [2.45, 2.75) is 6.92 Å². The standard InChI is InChI=1S/C9H14N4O3/c1-5-4-6(9(15)16-3)13(10)7(12-5)8(14)11-2/h4,11,14H,10H2,1-3H3/b8-7+. The second-order valence-corrected chi connectivity index (χ2v) is 3.07. The molecule has 7 nitrogen and oxygen atoms in total. The van der Waals surface area contributed by atoms with Gasteiger partial charge < -0.3 is 15.2 Å². The smallest absolute Gasteiger partial charge is 0.356 e. The van der Waals surface area contributed by atoms with Gasteiger partial charge in [0.05, 0.1) is 7.11 Å². The number of nitrogens with zero attached hydrogens (tertiary/aromatic N) is 2. The molecule has 4 N–H and O–H groups in total. The lowest BCUT2D eigenvalue weighted by Crippen LogP contribution is -2.37. The van der Waals surface area contributed by atoms with E-state index in [0.717, 1.165) is 5.01 Å². The Labute approximate surface area is 92.9 Å². The molecule has 1 aliphatic heterocycles. The fraction of sp³-hybridized carbons (Fsp3) is 0.333. The van der Waals surface area contributed by atoms with Gasteiger partial charge in [-0.1, -0.05) is 0 Å². The Kier molecular flexibility index (Phi) is 3.51. The molecular formula is C9H14N4O3. The molecule has 0 saturated carbocycles.